The van der Waals surface area contributed by atoms with Crippen LogP contribution in [0, 0.1) is 0 Å². The van der Waals surface area contributed by atoms with Gasteiger partial charge in [0.25, 0.3) is 0 Å². The highest BCUT2D eigenvalue weighted by Gasteiger charge is 2.21. The highest BCUT2D eigenvalue weighted by atomic mass is 16.5. The predicted molar refractivity (Wildman–Crippen MR) is 65.0 cm³/mol. The molecule has 0 aromatic heterocycles. The summed E-state index contributed by atoms with van der Waals surface area (Å²) in [6.45, 7) is 0.0191. The molecule has 2 amide bonds. The van der Waals surface area contributed by atoms with Crippen LogP contribution in [0.2, 0.25) is 0 Å². The van der Waals surface area contributed by atoms with Crippen LogP contribution < -0.4 is 11.1 Å². The van der Waals surface area contributed by atoms with Crippen molar-refractivity contribution in [2.75, 3.05) is 0 Å². The van der Waals surface area contributed by atoms with E-state index in [1.54, 1.807) is 24.3 Å². The molecule has 0 heterocycles. The second-order valence-corrected chi connectivity index (χ2v) is 3.76. The summed E-state index contributed by atoms with van der Waals surface area (Å²) in [6, 6.07) is 7.62. The van der Waals surface area contributed by atoms with Crippen molar-refractivity contribution in [3.8, 4) is 0 Å². The molecule has 1 unspecified atom stereocenters. The number of carboxylic acid groups (broad SMARTS) is 1. The number of carbonyl (C=O) groups is 3. The summed E-state index contributed by atoms with van der Waals surface area (Å²) in [5.41, 5.74) is 5.74. The number of nitrogens with one attached hydrogen (secondary N) is 1. The van der Waals surface area contributed by atoms with E-state index >= 15 is 0 Å². The van der Waals surface area contributed by atoms with E-state index in [9.17, 15) is 14.4 Å². The minimum absolute atomic E-state index is 0.0191. The van der Waals surface area contributed by atoms with Gasteiger partial charge in [-0.15, -0.1) is 0 Å². The molecule has 0 spiro atoms. The molecule has 1 aromatic carbocycles. The molecule has 0 radical (unpaired) electrons. The van der Waals surface area contributed by atoms with E-state index < -0.39 is 30.4 Å². The summed E-state index contributed by atoms with van der Waals surface area (Å²) in [4.78, 5) is 32.8. The van der Waals surface area contributed by atoms with Crippen molar-refractivity contribution >= 4 is 18.0 Å². The molecule has 0 bridgehead atoms. The molecular weight excluding hydrogens is 252 g/mol. The summed E-state index contributed by atoms with van der Waals surface area (Å²) < 4.78 is 4.84. The van der Waals surface area contributed by atoms with Crippen molar-refractivity contribution in [2.24, 2.45) is 5.73 Å². The van der Waals surface area contributed by atoms with Crippen LogP contribution in [0.5, 0.6) is 0 Å². The maximum atomic E-state index is 11.4. The molecule has 0 fully saturated rings. The number of carboxylic acids is 1. The average molecular weight is 266 g/mol. The van der Waals surface area contributed by atoms with Crippen molar-refractivity contribution in [1.29, 1.82) is 0 Å². The van der Waals surface area contributed by atoms with E-state index in [2.05, 4.69) is 5.32 Å². The lowest BCUT2D eigenvalue weighted by Crippen LogP contribution is -2.45. The predicted octanol–water partition coefficient (Wildman–Crippen LogP) is 0.241. The van der Waals surface area contributed by atoms with E-state index in [0.717, 1.165) is 5.56 Å². The van der Waals surface area contributed by atoms with Crippen LogP contribution in [0.25, 0.3) is 0 Å². The molecule has 0 aliphatic rings. The smallest absolute Gasteiger partial charge is 0.408 e. The maximum Gasteiger partial charge on any atom is 0.408 e. The van der Waals surface area contributed by atoms with E-state index in [-0.39, 0.29) is 6.61 Å². The molecular formula is C12H14N2O5. The lowest BCUT2D eigenvalue weighted by Gasteiger charge is -2.13. The number of nitrogens with two attached hydrogens (primary N) is 1. The molecule has 0 saturated heterocycles. The first-order valence-corrected chi connectivity index (χ1v) is 5.47. The van der Waals surface area contributed by atoms with Crippen molar-refractivity contribution in [3.63, 3.8) is 0 Å². The Bertz CT molecular complexity index is 460. The van der Waals surface area contributed by atoms with E-state index in [4.69, 9.17) is 15.6 Å². The number of amides is 2. The van der Waals surface area contributed by atoms with Gasteiger partial charge in [-0.1, -0.05) is 30.3 Å². The molecule has 1 rings (SSSR count). The first-order valence-electron chi connectivity index (χ1n) is 5.47. The fourth-order valence-corrected chi connectivity index (χ4v) is 1.30. The fourth-order valence-electron chi connectivity index (χ4n) is 1.30. The van der Waals surface area contributed by atoms with E-state index in [1.165, 1.54) is 0 Å². The van der Waals surface area contributed by atoms with Gasteiger partial charge in [0.15, 0.2) is 0 Å². The van der Waals surface area contributed by atoms with E-state index in [1.807, 2.05) is 6.07 Å². The largest absolute Gasteiger partial charge is 0.481 e. The highest BCUT2D eigenvalue weighted by Crippen LogP contribution is 2.01. The topological polar surface area (TPSA) is 119 Å². The van der Waals surface area contributed by atoms with Crippen LogP contribution in [0.1, 0.15) is 12.0 Å². The number of benzene rings is 1. The zero-order valence-electron chi connectivity index (χ0n) is 10.0. The van der Waals surface area contributed by atoms with Gasteiger partial charge in [-0.25, -0.2) is 4.79 Å². The number of hydrogen-bond donors (Lipinski definition) is 3. The zero-order chi connectivity index (χ0) is 14.3. The van der Waals surface area contributed by atoms with Crippen molar-refractivity contribution in [3.05, 3.63) is 35.9 Å². The summed E-state index contributed by atoms with van der Waals surface area (Å²) in [5, 5.41) is 10.7. The molecule has 0 aliphatic carbocycles. The number of ether oxygens (including phenoxy) is 1. The van der Waals surface area contributed by atoms with Crippen LogP contribution >= 0.6 is 0 Å². The number of hydrogen-bond acceptors (Lipinski definition) is 4. The first-order chi connectivity index (χ1) is 8.99. The monoisotopic (exact) mass is 266 g/mol. The van der Waals surface area contributed by atoms with Gasteiger partial charge in [-0.2, -0.15) is 0 Å². The summed E-state index contributed by atoms with van der Waals surface area (Å²) in [5.74, 6) is -2.17. The van der Waals surface area contributed by atoms with Gasteiger partial charge in [-0.3, -0.25) is 9.59 Å². The van der Waals surface area contributed by atoms with E-state index in [0.29, 0.717) is 0 Å². The van der Waals surface area contributed by atoms with Gasteiger partial charge >= 0.3 is 12.1 Å². The third-order valence-electron chi connectivity index (χ3n) is 2.23. The second-order valence-electron chi connectivity index (χ2n) is 3.76. The Morgan fingerprint density at radius 2 is 1.89 bits per heavy atom. The SMILES string of the molecule is NC(=O)C(CC(=O)O)NC(=O)OCc1ccccc1. The van der Waals surface area contributed by atoms with Crippen molar-refractivity contribution < 1.29 is 24.2 Å². The molecule has 7 heteroatoms. The molecule has 1 atom stereocenters. The Hall–Kier alpha value is -2.57. The molecule has 102 valence electrons. The summed E-state index contributed by atoms with van der Waals surface area (Å²) >= 11 is 0. The molecule has 19 heavy (non-hydrogen) atoms. The Morgan fingerprint density at radius 1 is 1.26 bits per heavy atom. The Balaban J connectivity index is 2.45. The van der Waals surface area contributed by atoms with Crippen LogP contribution in [0.15, 0.2) is 30.3 Å². The standard InChI is InChI=1S/C12H14N2O5/c13-11(17)9(6-10(15)16)14-12(18)19-7-8-4-2-1-3-5-8/h1-5,9H,6-7H2,(H2,13,17)(H,14,18)(H,15,16). The molecule has 0 aliphatic heterocycles. The minimum atomic E-state index is -1.29. The number of aliphatic carboxylic acids is 1. The zero-order valence-corrected chi connectivity index (χ0v) is 10.0. The molecule has 7 nitrogen and oxygen atoms in total. The third kappa shape index (κ3) is 5.53. The lowest BCUT2D eigenvalue weighted by molar-refractivity contribution is -0.139. The fraction of sp³-hybridized carbons (Fsp3) is 0.250. The first kappa shape index (κ1) is 14.5. The highest BCUT2D eigenvalue weighted by molar-refractivity contribution is 5.88. The van der Waals surface area contributed by atoms with Crippen molar-refractivity contribution in [2.45, 2.75) is 19.1 Å². The number of primary amides is 1. The molecule has 4 N–H and O–H groups in total. The normalized spacial score (nSPS) is 11.4. The van der Waals surface area contributed by atoms with Crippen LogP contribution in [-0.4, -0.2) is 29.1 Å². The van der Waals surface area contributed by atoms with Crippen molar-refractivity contribution in [1.82, 2.24) is 5.32 Å². The van der Waals surface area contributed by atoms with Crippen LogP contribution in [0.4, 0.5) is 4.79 Å². The Morgan fingerprint density at radius 3 is 2.42 bits per heavy atom. The van der Waals surface area contributed by atoms with Crippen LogP contribution in [-0.2, 0) is 20.9 Å². The van der Waals surface area contributed by atoms with Gasteiger partial charge in [0, 0.05) is 0 Å². The van der Waals surface area contributed by atoms with Gasteiger partial charge in [-0.05, 0) is 5.56 Å². The second kappa shape index (κ2) is 7.00. The third-order valence-corrected chi connectivity index (χ3v) is 2.23. The Labute approximate surface area is 109 Å². The van der Waals surface area contributed by atoms with Gasteiger partial charge in [0.2, 0.25) is 5.91 Å². The number of rotatable bonds is 6. The van der Waals surface area contributed by atoms with Crippen LogP contribution in [0.3, 0.4) is 0 Å². The molecule has 0 saturated carbocycles. The maximum absolute atomic E-state index is 11.4. The Kier molecular flexibility index (Phi) is 5.34. The molecule has 1 aromatic rings. The summed E-state index contributed by atoms with van der Waals surface area (Å²) in [7, 11) is 0. The number of alkyl carbamates (subject to hydrolysis) is 1. The summed E-state index contributed by atoms with van der Waals surface area (Å²) in [6.07, 6.45) is -1.48. The minimum Gasteiger partial charge on any atom is -0.481 e. The van der Waals surface area contributed by atoms with Gasteiger partial charge in [0.05, 0.1) is 6.42 Å². The number of carbonyl (C=O) groups excluding carboxylic acids is 2. The van der Waals surface area contributed by atoms with Gasteiger partial charge in [0.1, 0.15) is 12.6 Å². The van der Waals surface area contributed by atoms with Gasteiger partial charge < -0.3 is 20.9 Å². The quantitative estimate of drug-likeness (QED) is 0.681. The average Bonchev–Trinajstić information content (AvgIpc) is 2.36. The lowest BCUT2D eigenvalue weighted by atomic mass is 10.2.